The van der Waals surface area contributed by atoms with Crippen molar-refractivity contribution in [3.05, 3.63) is 66.1 Å². The average Bonchev–Trinajstić information content (AvgIpc) is 3.41. The molecule has 4 aromatic rings. The summed E-state index contributed by atoms with van der Waals surface area (Å²) < 4.78 is 7.33. The number of benzene rings is 2. The monoisotopic (exact) mass is 402 g/mol. The Morgan fingerprint density at radius 1 is 1.17 bits per heavy atom. The predicted molar refractivity (Wildman–Crippen MR) is 118 cm³/mol. The van der Waals surface area contributed by atoms with Crippen LogP contribution in [0.3, 0.4) is 0 Å². The summed E-state index contributed by atoms with van der Waals surface area (Å²) in [7, 11) is 1.71. The summed E-state index contributed by atoms with van der Waals surface area (Å²) in [4.78, 5) is 23.3. The highest BCUT2D eigenvalue weighted by Crippen LogP contribution is 2.29. The van der Waals surface area contributed by atoms with E-state index in [4.69, 9.17) is 9.72 Å². The van der Waals surface area contributed by atoms with Gasteiger partial charge in [0, 0.05) is 55.3 Å². The second-order valence-corrected chi connectivity index (χ2v) is 7.98. The zero-order chi connectivity index (χ0) is 20.5. The maximum Gasteiger partial charge on any atom is 0.253 e. The lowest BCUT2D eigenvalue weighted by Gasteiger charge is -2.31. The van der Waals surface area contributed by atoms with Gasteiger partial charge >= 0.3 is 0 Å². The second kappa shape index (κ2) is 7.95. The molecule has 1 saturated heterocycles. The molecule has 0 aliphatic carbocycles. The Kier molecular flexibility index (Phi) is 5.01. The van der Waals surface area contributed by atoms with E-state index in [0.717, 1.165) is 65.8 Å². The normalized spacial score (nSPS) is 15.3. The minimum absolute atomic E-state index is 0.115. The molecular weight excluding hydrogens is 376 g/mol. The molecule has 6 heteroatoms. The number of rotatable bonds is 5. The first-order valence-electron chi connectivity index (χ1n) is 10.5. The van der Waals surface area contributed by atoms with Gasteiger partial charge in [-0.1, -0.05) is 12.1 Å². The molecule has 5 rings (SSSR count). The van der Waals surface area contributed by atoms with E-state index in [1.54, 1.807) is 7.11 Å². The molecule has 2 aromatic heterocycles. The van der Waals surface area contributed by atoms with Gasteiger partial charge in [-0.25, -0.2) is 4.98 Å². The molecule has 154 valence electrons. The summed E-state index contributed by atoms with van der Waals surface area (Å²) >= 11 is 0. The number of carbonyl (C=O) groups is 1. The number of nitrogens with one attached hydrogen (secondary N) is 1. The lowest BCUT2D eigenvalue weighted by molar-refractivity contribution is 0.0711. The minimum atomic E-state index is 0.115. The molecule has 3 heterocycles. The number of ether oxygens (including phenoxy) is 1. The van der Waals surface area contributed by atoms with Gasteiger partial charge in [0.05, 0.1) is 17.6 Å². The molecule has 1 aliphatic rings. The predicted octanol–water partition coefficient (Wildman–Crippen LogP) is 4.18. The number of nitrogens with zero attached hydrogens (tertiary/aromatic N) is 3. The number of H-pyrrole nitrogens is 1. The lowest BCUT2D eigenvalue weighted by atomic mass is 9.95. The SMILES string of the molecule is COCCn1ccc2cc(C(=O)N3CCC(c4nc5ccccc5[nH]4)CC3)ccc21. The Morgan fingerprint density at radius 3 is 2.80 bits per heavy atom. The molecule has 1 amide bonds. The van der Waals surface area contributed by atoms with Gasteiger partial charge in [0.25, 0.3) is 5.91 Å². The van der Waals surface area contributed by atoms with E-state index in [1.807, 2.05) is 41.3 Å². The molecule has 0 bridgehead atoms. The van der Waals surface area contributed by atoms with Crippen molar-refractivity contribution in [1.29, 1.82) is 0 Å². The molecule has 1 aliphatic heterocycles. The molecule has 6 nitrogen and oxygen atoms in total. The van der Waals surface area contributed by atoms with Crippen molar-refractivity contribution in [3.63, 3.8) is 0 Å². The molecule has 1 fully saturated rings. The first kappa shape index (κ1) is 18.9. The van der Waals surface area contributed by atoms with Crippen molar-refractivity contribution in [3.8, 4) is 0 Å². The topological polar surface area (TPSA) is 63.1 Å². The lowest BCUT2D eigenvalue weighted by Crippen LogP contribution is -2.38. The van der Waals surface area contributed by atoms with Gasteiger partial charge in [0.15, 0.2) is 0 Å². The Bertz CT molecular complexity index is 1150. The van der Waals surface area contributed by atoms with Crippen LogP contribution >= 0.6 is 0 Å². The Hall–Kier alpha value is -3.12. The van der Waals surface area contributed by atoms with Gasteiger partial charge in [0.2, 0.25) is 0 Å². The zero-order valence-electron chi connectivity index (χ0n) is 17.2. The first-order valence-corrected chi connectivity index (χ1v) is 10.5. The molecule has 30 heavy (non-hydrogen) atoms. The third-order valence-corrected chi connectivity index (χ3v) is 6.13. The van der Waals surface area contributed by atoms with Crippen LogP contribution in [0, 0.1) is 0 Å². The van der Waals surface area contributed by atoms with E-state index in [1.165, 1.54) is 0 Å². The van der Waals surface area contributed by atoms with E-state index in [-0.39, 0.29) is 5.91 Å². The van der Waals surface area contributed by atoms with Gasteiger partial charge < -0.3 is 19.2 Å². The fourth-order valence-electron chi connectivity index (χ4n) is 4.42. The van der Waals surface area contributed by atoms with Crippen LogP contribution in [-0.2, 0) is 11.3 Å². The maximum absolute atomic E-state index is 13.1. The number of hydrogen-bond donors (Lipinski definition) is 1. The number of para-hydroxylation sites is 2. The van der Waals surface area contributed by atoms with Crippen LogP contribution in [0.25, 0.3) is 21.9 Å². The van der Waals surface area contributed by atoms with Crippen LogP contribution in [0.2, 0.25) is 0 Å². The second-order valence-electron chi connectivity index (χ2n) is 7.98. The quantitative estimate of drug-likeness (QED) is 0.545. The zero-order valence-corrected chi connectivity index (χ0v) is 17.2. The molecule has 0 atom stereocenters. The molecule has 0 spiro atoms. The Balaban J connectivity index is 1.27. The summed E-state index contributed by atoms with van der Waals surface area (Å²) in [6, 6.07) is 16.2. The van der Waals surface area contributed by atoms with Gasteiger partial charge in [-0.2, -0.15) is 0 Å². The number of aromatic amines is 1. The minimum Gasteiger partial charge on any atom is -0.383 e. The van der Waals surface area contributed by atoms with Gasteiger partial charge in [-0.3, -0.25) is 4.79 Å². The number of imidazole rings is 1. The van der Waals surface area contributed by atoms with Crippen molar-refractivity contribution in [1.82, 2.24) is 19.4 Å². The molecular formula is C24H26N4O2. The van der Waals surface area contributed by atoms with Crippen LogP contribution in [-0.4, -0.2) is 52.1 Å². The summed E-state index contributed by atoms with van der Waals surface area (Å²) in [6.45, 7) is 2.99. The van der Waals surface area contributed by atoms with Crippen molar-refractivity contribution >= 4 is 27.8 Å². The van der Waals surface area contributed by atoms with Crippen LogP contribution in [0.4, 0.5) is 0 Å². The largest absolute Gasteiger partial charge is 0.383 e. The number of fused-ring (bicyclic) bond motifs is 2. The number of likely N-dealkylation sites (tertiary alicyclic amines) is 1. The third kappa shape index (κ3) is 3.48. The number of methoxy groups -OCH3 is 1. The number of aromatic nitrogens is 3. The van der Waals surface area contributed by atoms with E-state index in [9.17, 15) is 4.79 Å². The fourth-order valence-corrected chi connectivity index (χ4v) is 4.42. The van der Waals surface area contributed by atoms with Crippen LogP contribution in [0.5, 0.6) is 0 Å². The molecule has 0 unspecified atom stereocenters. The van der Waals surface area contributed by atoms with E-state index in [2.05, 4.69) is 27.9 Å². The number of piperidine rings is 1. The molecule has 0 radical (unpaired) electrons. The summed E-state index contributed by atoms with van der Waals surface area (Å²) in [5, 5.41) is 1.09. The number of hydrogen-bond acceptors (Lipinski definition) is 3. The first-order chi connectivity index (χ1) is 14.7. The molecule has 1 N–H and O–H groups in total. The van der Waals surface area contributed by atoms with Crippen molar-refractivity contribution in [2.24, 2.45) is 0 Å². The fraction of sp³-hybridized carbons (Fsp3) is 0.333. The van der Waals surface area contributed by atoms with Crippen molar-refractivity contribution in [2.75, 3.05) is 26.8 Å². The van der Waals surface area contributed by atoms with Crippen molar-refractivity contribution < 1.29 is 9.53 Å². The standard InChI is InChI=1S/C24H26N4O2/c1-30-15-14-27-11-10-18-16-19(6-7-22(18)27)24(29)28-12-8-17(9-13-28)23-25-20-4-2-3-5-21(20)26-23/h2-7,10-11,16-17H,8-9,12-15H2,1H3,(H,25,26). The summed E-state index contributed by atoms with van der Waals surface area (Å²) in [6.07, 6.45) is 3.92. The van der Waals surface area contributed by atoms with Crippen LogP contribution < -0.4 is 0 Å². The Morgan fingerprint density at radius 2 is 2.00 bits per heavy atom. The highest BCUT2D eigenvalue weighted by atomic mass is 16.5. The Labute approximate surface area is 175 Å². The highest BCUT2D eigenvalue weighted by Gasteiger charge is 2.26. The highest BCUT2D eigenvalue weighted by molar-refractivity contribution is 5.98. The van der Waals surface area contributed by atoms with Crippen LogP contribution in [0.15, 0.2) is 54.7 Å². The van der Waals surface area contributed by atoms with Crippen molar-refractivity contribution in [2.45, 2.75) is 25.3 Å². The van der Waals surface area contributed by atoms with E-state index < -0.39 is 0 Å². The average molecular weight is 402 g/mol. The molecule has 2 aromatic carbocycles. The summed E-state index contributed by atoms with van der Waals surface area (Å²) in [5.74, 6) is 1.53. The van der Waals surface area contributed by atoms with Gasteiger partial charge in [0.1, 0.15) is 5.82 Å². The van der Waals surface area contributed by atoms with Gasteiger partial charge in [-0.05, 0) is 49.2 Å². The summed E-state index contributed by atoms with van der Waals surface area (Å²) in [5.41, 5.74) is 3.98. The van der Waals surface area contributed by atoms with E-state index in [0.29, 0.717) is 12.5 Å². The van der Waals surface area contributed by atoms with Crippen LogP contribution in [0.1, 0.15) is 34.9 Å². The third-order valence-electron chi connectivity index (χ3n) is 6.13. The van der Waals surface area contributed by atoms with Gasteiger partial charge in [-0.15, -0.1) is 0 Å². The maximum atomic E-state index is 13.1. The molecule has 0 saturated carbocycles. The van der Waals surface area contributed by atoms with E-state index >= 15 is 0 Å². The smallest absolute Gasteiger partial charge is 0.253 e. The number of amides is 1. The number of carbonyl (C=O) groups excluding carboxylic acids is 1.